The Balaban J connectivity index is 2.31. The van der Waals surface area contributed by atoms with E-state index < -0.39 is 8.80 Å². The van der Waals surface area contributed by atoms with Crippen molar-refractivity contribution in [2.75, 3.05) is 13.1 Å². The van der Waals surface area contributed by atoms with Gasteiger partial charge in [0.25, 0.3) is 0 Å². The summed E-state index contributed by atoms with van der Waals surface area (Å²) in [6.07, 6.45) is 0.711. The summed E-state index contributed by atoms with van der Waals surface area (Å²) in [6.45, 7) is 2.38. The summed E-state index contributed by atoms with van der Waals surface area (Å²) in [5, 5.41) is -0.00321. The lowest BCUT2D eigenvalue weighted by Crippen LogP contribution is -2.36. The largest absolute Gasteiger partial charge is 0.492 e. The van der Waals surface area contributed by atoms with E-state index in [-0.39, 0.29) is 22.3 Å². The molecule has 1 atom stereocenters. The van der Waals surface area contributed by atoms with Gasteiger partial charge in [0.2, 0.25) is 5.91 Å². The first-order chi connectivity index (χ1) is 7.78. The van der Waals surface area contributed by atoms with Gasteiger partial charge in [-0.25, -0.2) is 0 Å². The van der Waals surface area contributed by atoms with E-state index in [0.29, 0.717) is 25.9 Å². The first-order valence-corrected chi connectivity index (χ1v) is 8.33. The lowest BCUT2D eigenvalue weighted by Gasteiger charge is -2.17. The zero-order valence-corrected chi connectivity index (χ0v) is 11.4. The van der Waals surface area contributed by atoms with E-state index in [1.807, 2.05) is 0 Å². The highest BCUT2D eigenvalue weighted by Crippen LogP contribution is 2.24. The molecule has 1 heterocycles. The number of likely N-dealkylation sites (tertiary alicyclic amines) is 1. The first-order valence-electron chi connectivity index (χ1n) is 5.40. The molecular weight excluding hydrogens is 262 g/mol. The highest BCUT2D eigenvalue weighted by molar-refractivity contribution is 8.14. The Kier molecular flexibility index (Phi) is 5.14. The van der Waals surface area contributed by atoms with E-state index in [9.17, 15) is 9.59 Å². The van der Waals surface area contributed by atoms with Crippen molar-refractivity contribution in [2.45, 2.75) is 31.1 Å². The third-order valence-corrected chi connectivity index (χ3v) is 4.46. The van der Waals surface area contributed by atoms with Crippen LogP contribution < -0.4 is 0 Å². The Bertz CT molecular complexity index is 306. The molecular formula is C9H17NO5SSi. The smallest absolute Gasteiger partial charge is 0.390 e. The van der Waals surface area contributed by atoms with Crippen molar-refractivity contribution in [3.05, 3.63) is 0 Å². The van der Waals surface area contributed by atoms with Gasteiger partial charge < -0.3 is 19.3 Å². The van der Waals surface area contributed by atoms with Crippen LogP contribution in [0.1, 0.15) is 19.8 Å². The van der Waals surface area contributed by atoms with E-state index in [0.717, 1.165) is 0 Å². The van der Waals surface area contributed by atoms with Gasteiger partial charge in [0.1, 0.15) is 0 Å². The van der Waals surface area contributed by atoms with Gasteiger partial charge in [0.15, 0.2) is 5.12 Å². The number of carbonyl (C=O) groups is 2. The number of rotatable bonds is 5. The van der Waals surface area contributed by atoms with Crippen molar-refractivity contribution >= 4 is 31.6 Å². The fraction of sp³-hybridized carbons (Fsp3) is 0.778. The average Bonchev–Trinajstić information content (AvgIpc) is 2.43. The number of thioether (sulfide) groups is 1. The lowest BCUT2D eigenvalue weighted by molar-refractivity contribution is -0.127. The molecule has 1 amide bonds. The molecule has 0 spiro atoms. The van der Waals surface area contributed by atoms with E-state index >= 15 is 0 Å². The van der Waals surface area contributed by atoms with Crippen LogP contribution in [-0.2, 0) is 9.59 Å². The first kappa shape index (κ1) is 14.6. The average molecular weight is 279 g/mol. The van der Waals surface area contributed by atoms with Crippen LogP contribution in [0.2, 0.25) is 6.04 Å². The molecule has 17 heavy (non-hydrogen) atoms. The van der Waals surface area contributed by atoms with Crippen LogP contribution in [0.15, 0.2) is 0 Å². The molecule has 98 valence electrons. The highest BCUT2D eigenvalue weighted by Gasteiger charge is 2.32. The Hall–Kier alpha value is -0.413. The molecule has 6 nitrogen and oxygen atoms in total. The fourth-order valence-corrected chi connectivity index (χ4v) is 3.36. The van der Waals surface area contributed by atoms with Gasteiger partial charge >= 0.3 is 8.80 Å². The predicted molar refractivity (Wildman–Crippen MR) is 65.1 cm³/mol. The van der Waals surface area contributed by atoms with Gasteiger partial charge in [-0.2, -0.15) is 0 Å². The number of amides is 1. The molecule has 1 saturated heterocycles. The van der Waals surface area contributed by atoms with Crippen LogP contribution in [0.25, 0.3) is 0 Å². The van der Waals surface area contributed by atoms with Gasteiger partial charge in [-0.05, 0) is 6.42 Å². The summed E-state index contributed by atoms with van der Waals surface area (Å²) in [6, 6.07) is -0.0682. The topological polar surface area (TPSA) is 98.1 Å². The molecule has 0 saturated carbocycles. The molecule has 1 rings (SSSR count). The Labute approximate surface area is 105 Å². The lowest BCUT2D eigenvalue weighted by atomic mass is 10.4. The van der Waals surface area contributed by atoms with Gasteiger partial charge in [-0.3, -0.25) is 9.59 Å². The van der Waals surface area contributed by atoms with E-state index in [1.54, 1.807) is 4.90 Å². The minimum absolute atomic E-state index is 0.000573. The summed E-state index contributed by atoms with van der Waals surface area (Å²) < 4.78 is 0. The van der Waals surface area contributed by atoms with Gasteiger partial charge in [-0.1, -0.05) is 11.8 Å². The minimum Gasteiger partial charge on any atom is -0.390 e. The highest BCUT2D eigenvalue weighted by atomic mass is 32.2. The molecule has 0 aromatic heterocycles. The molecule has 1 unspecified atom stereocenters. The van der Waals surface area contributed by atoms with Crippen molar-refractivity contribution < 1.29 is 24.0 Å². The normalized spacial score (nSPS) is 21.1. The summed E-state index contributed by atoms with van der Waals surface area (Å²) in [5.41, 5.74) is 0. The second-order valence-corrected chi connectivity index (χ2v) is 7.68. The second-order valence-electron chi connectivity index (χ2n) is 4.15. The van der Waals surface area contributed by atoms with Crippen molar-refractivity contribution in [2.24, 2.45) is 0 Å². The van der Waals surface area contributed by atoms with Crippen LogP contribution in [0.5, 0.6) is 0 Å². The molecule has 0 radical (unpaired) electrons. The van der Waals surface area contributed by atoms with Crippen LogP contribution >= 0.6 is 11.8 Å². The SMILES string of the molecule is CC(=O)SC1CC(=O)N(CCC[Si](O)(O)O)C1. The number of hydrogen-bond donors (Lipinski definition) is 3. The Morgan fingerprint density at radius 2 is 2.18 bits per heavy atom. The maximum absolute atomic E-state index is 11.5. The third-order valence-electron chi connectivity index (χ3n) is 2.45. The summed E-state index contributed by atoms with van der Waals surface area (Å²) in [7, 11) is -3.99. The zero-order chi connectivity index (χ0) is 13.1. The van der Waals surface area contributed by atoms with E-state index in [4.69, 9.17) is 14.4 Å². The van der Waals surface area contributed by atoms with Crippen molar-refractivity contribution in [3.8, 4) is 0 Å². The van der Waals surface area contributed by atoms with Crippen LogP contribution in [0.3, 0.4) is 0 Å². The second kappa shape index (κ2) is 5.96. The van der Waals surface area contributed by atoms with Crippen LogP contribution in [0, 0.1) is 0 Å². The molecule has 0 aromatic carbocycles. The van der Waals surface area contributed by atoms with Crippen molar-refractivity contribution in [1.82, 2.24) is 4.90 Å². The number of nitrogens with zero attached hydrogens (tertiary/aromatic N) is 1. The van der Waals surface area contributed by atoms with Gasteiger partial charge in [0.05, 0.1) is 0 Å². The van der Waals surface area contributed by atoms with Crippen LogP contribution in [-0.4, -0.2) is 57.5 Å². The van der Waals surface area contributed by atoms with Crippen LogP contribution in [0.4, 0.5) is 0 Å². The quantitative estimate of drug-likeness (QED) is 0.568. The summed E-state index contributed by atoms with van der Waals surface area (Å²) >= 11 is 1.17. The summed E-state index contributed by atoms with van der Waals surface area (Å²) in [5.74, 6) is -0.0233. The Morgan fingerprint density at radius 3 is 2.71 bits per heavy atom. The predicted octanol–water partition coefficient (Wildman–Crippen LogP) is -0.827. The van der Waals surface area contributed by atoms with Crippen molar-refractivity contribution in [3.63, 3.8) is 0 Å². The molecule has 3 N–H and O–H groups in total. The number of hydrogen-bond acceptors (Lipinski definition) is 6. The Morgan fingerprint density at radius 1 is 1.53 bits per heavy atom. The molecule has 1 fully saturated rings. The number of carbonyl (C=O) groups excluding carboxylic acids is 2. The fourth-order valence-electron chi connectivity index (χ4n) is 1.77. The van der Waals surface area contributed by atoms with Crippen molar-refractivity contribution in [1.29, 1.82) is 0 Å². The molecule has 8 heteroatoms. The maximum Gasteiger partial charge on any atom is 0.492 e. The molecule has 1 aliphatic heterocycles. The maximum atomic E-state index is 11.5. The van der Waals surface area contributed by atoms with E-state index in [2.05, 4.69) is 0 Å². The molecule has 0 bridgehead atoms. The minimum atomic E-state index is -3.99. The van der Waals surface area contributed by atoms with E-state index in [1.165, 1.54) is 18.7 Å². The summed E-state index contributed by atoms with van der Waals surface area (Å²) in [4.78, 5) is 50.5. The standard InChI is InChI=1S/C9H17NO5SSi/c1-7(11)16-8-5-9(12)10(6-8)3-2-4-17(13,14)15/h8,13-15H,2-6H2,1H3. The van der Waals surface area contributed by atoms with Gasteiger partial charge in [-0.15, -0.1) is 0 Å². The molecule has 0 aromatic rings. The monoisotopic (exact) mass is 279 g/mol. The molecule has 1 aliphatic rings. The van der Waals surface area contributed by atoms with Gasteiger partial charge in [0, 0.05) is 37.7 Å². The third kappa shape index (κ3) is 5.64. The zero-order valence-electron chi connectivity index (χ0n) is 9.63. The molecule has 0 aliphatic carbocycles.